The van der Waals surface area contributed by atoms with Crippen molar-refractivity contribution in [3.8, 4) is 5.75 Å². The lowest BCUT2D eigenvalue weighted by Crippen LogP contribution is -2.21. The maximum Gasteiger partial charge on any atom is 0.243 e. The maximum absolute atomic E-state index is 12.2. The minimum Gasteiger partial charge on any atom is -0.497 e. The van der Waals surface area contributed by atoms with Gasteiger partial charge in [0.2, 0.25) is 5.91 Å². The minimum absolute atomic E-state index is 0.0129. The first-order valence-electron chi connectivity index (χ1n) is 7.72. The lowest BCUT2D eigenvalue weighted by atomic mass is 10.1. The van der Waals surface area contributed by atoms with E-state index in [1.54, 1.807) is 7.11 Å². The van der Waals surface area contributed by atoms with Gasteiger partial charge >= 0.3 is 0 Å². The molecule has 4 heteroatoms. The summed E-state index contributed by atoms with van der Waals surface area (Å²) in [5.74, 6) is 1.11. The largest absolute Gasteiger partial charge is 0.497 e. The molecular formula is C19H20N2O2. The van der Waals surface area contributed by atoms with E-state index < -0.39 is 0 Å². The van der Waals surface area contributed by atoms with E-state index in [4.69, 9.17) is 4.74 Å². The highest BCUT2D eigenvalue weighted by molar-refractivity contribution is 5.99. The normalized spacial score (nSPS) is 20.0. The highest BCUT2D eigenvalue weighted by atomic mass is 16.5. The third-order valence-electron chi connectivity index (χ3n) is 4.18. The first-order chi connectivity index (χ1) is 11.2. The molecule has 4 nitrogen and oxygen atoms in total. The molecule has 0 saturated heterocycles. The summed E-state index contributed by atoms with van der Waals surface area (Å²) < 4.78 is 5.20. The summed E-state index contributed by atoms with van der Waals surface area (Å²) in [7, 11) is 1.63. The van der Waals surface area contributed by atoms with Crippen molar-refractivity contribution in [2.24, 2.45) is 11.0 Å². The number of methoxy groups -OCH3 is 1. The number of nitrogens with one attached hydrogen (secondary N) is 1. The molecule has 1 N–H and O–H groups in total. The van der Waals surface area contributed by atoms with Gasteiger partial charge in [0.1, 0.15) is 5.75 Å². The van der Waals surface area contributed by atoms with Gasteiger partial charge < -0.3 is 4.74 Å². The Hall–Kier alpha value is -2.62. The Balaban J connectivity index is 1.60. The Morgan fingerprint density at radius 1 is 1.17 bits per heavy atom. The number of carbonyl (C=O) groups is 1. The van der Waals surface area contributed by atoms with E-state index >= 15 is 0 Å². The molecular weight excluding hydrogens is 288 g/mol. The monoisotopic (exact) mass is 308 g/mol. The number of carbonyl (C=O) groups excluding carboxylic acids is 1. The fraction of sp³-hybridized carbons (Fsp3) is 0.263. The SMILES string of the molecule is COc1cccc(/C(C)=N\NC(=O)[C@H]2C[C@@H]2c2ccccc2)c1. The van der Waals surface area contributed by atoms with Gasteiger partial charge in [0.05, 0.1) is 12.8 Å². The third kappa shape index (κ3) is 3.59. The molecule has 2 atom stereocenters. The molecule has 1 aliphatic carbocycles. The van der Waals surface area contributed by atoms with Crippen LogP contribution in [0.25, 0.3) is 0 Å². The molecule has 0 aromatic heterocycles. The Kier molecular flexibility index (Phi) is 4.42. The van der Waals surface area contributed by atoms with Crippen molar-refractivity contribution in [1.82, 2.24) is 5.43 Å². The van der Waals surface area contributed by atoms with E-state index in [0.717, 1.165) is 23.4 Å². The molecule has 1 fully saturated rings. The van der Waals surface area contributed by atoms with E-state index in [1.807, 2.05) is 49.4 Å². The van der Waals surface area contributed by atoms with Gasteiger partial charge in [-0.1, -0.05) is 42.5 Å². The minimum atomic E-state index is -0.0129. The molecule has 0 unspecified atom stereocenters. The van der Waals surface area contributed by atoms with Crippen LogP contribution in [0.15, 0.2) is 59.7 Å². The predicted octanol–water partition coefficient (Wildman–Crippen LogP) is 3.34. The van der Waals surface area contributed by atoms with Crippen LogP contribution in [-0.4, -0.2) is 18.7 Å². The molecule has 0 heterocycles. The van der Waals surface area contributed by atoms with Gasteiger partial charge in [-0.15, -0.1) is 0 Å². The van der Waals surface area contributed by atoms with E-state index in [0.29, 0.717) is 5.92 Å². The second kappa shape index (κ2) is 6.65. The fourth-order valence-corrected chi connectivity index (χ4v) is 2.69. The average molecular weight is 308 g/mol. The van der Waals surface area contributed by atoms with Crippen LogP contribution in [0.2, 0.25) is 0 Å². The molecule has 1 aliphatic rings. The fourth-order valence-electron chi connectivity index (χ4n) is 2.69. The van der Waals surface area contributed by atoms with Gasteiger partial charge in [0.15, 0.2) is 0 Å². The Morgan fingerprint density at radius 3 is 2.70 bits per heavy atom. The van der Waals surface area contributed by atoms with Gasteiger partial charge in [0.25, 0.3) is 0 Å². The number of hydrogen-bond donors (Lipinski definition) is 1. The number of nitrogens with zero attached hydrogens (tertiary/aromatic N) is 1. The zero-order chi connectivity index (χ0) is 16.2. The van der Waals surface area contributed by atoms with Crippen molar-refractivity contribution in [3.63, 3.8) is 0 Å². The van der Waals surface area contributed by atoms with Gasteiger partial charge in [-0.2, -0.15) is 5.10 Å². The van der Waals surface area contributed by atoms with Crippen LogP contribution >= 0.6 is 0 Å². The van der Waals surface area contributed by atoms with Gasteiger partial charge in [0, 0.05) is 11.5 Å². The van der Waals surface area contributed by atoms with Crippen molar-refractivity contribution in [2.45, 2.75) is 19.3 Å². The molecule has 118 valence electrons. The van der Waals surface area contributed by atoms with Crippen LogP contribution in [0.1, 0.15) is 30.4 Å². The van der Waals surface area contributed by atoms with E-state index in [1.165, 1.54) is 5.56 Å². The van der Waals surface area contributed by atoms with Gasteiger partial charge in [-0.3, -0.25) is 4.79 Å². The number of amides is 1. The number of ether oxygens (including phenoxy) is 1. The number of hydrazone groups is 1. The summed E-state index contributed by atoms with van der Waals surface area (Å²) in [6.45, 7) is 1.87. The second-order valence-electron chi connectivity index (χ2n) is 5.76. The molecule has 0 bridgehead atoms. The zero-order valence-electron chi connectivity index (χ0n) is 13.3. The standard InChI is InChI=1S/C19H20N2O2/c1-13(15-9-6-10-16(11-15)23-2)20-21-19(22)18-12-17(18)14-7-4-3-5-8-14/h3-11,17-18H,12H2,1-2H3,(H,21,22)/b20-13-/t17-,18+/m1/s1. The lowest BCUT2D eigenvalue weighted by molar-refractivity contribution is -0.122. The number of benzene rings is 2. The Labute approximate surface area is 136 Å². The summed E-state index contributed by atoms with van der Waals surface area (Å²) in [6.07, 6.45) is 0.892. The summed E-state index contributed by atoms with van der Waals surface area (Å²) in [5, 5.41) is 4.22. The van der Waals surface area contributed by atoms with Gasteiger partial charge in [-0.25, -0.2) is 5.43 Å². The highest BCUT2D eigenvalue weighted by Crippen LogP contribution is 2.47. The molecule has 0 spiro atoms. The maximum atomic E-state index is 12.2. The second-order valence-corrected chi connectivity index (χ2v) is 5.76. The first kappa shape index (κ1) is 15.3. The molecule has 2 aromatic carbocycles. The van der Waals surface area contributed by atoms with Crippen LogP contribution in [0, 0.1) is 5.92 Å². The predicted molar refractivity (Wildman–Crippen MR) is 90.6 cm³/mol. The summed E-state index contributed by atoms with van der Waals surface area (Å²) >= 11 is 0. The van der Waals surface area contributed by atoms with Crippen LogP contribution in [0.3, 0.4) is 0 Å². The highest BCUT2D eigenvalue weighted by Gasteiger charge is 2.43. The third-order valence-corrected chi connectivity index (χ3v) is 4.18. The van der Waals surface area contributed by atoms with Crippen molar-refractivity contribution >= 4 is 11.6 Å². The quantitative estimate of drug-likeness (QED) is 0.680. The zero-order valence-corrected chi connectivity index (χ0v) is 13.3. The summed E-state index contributed by atoms with van der Waals surface area (Å²) in [5.41, 5.74) is 5.60. The Morgan fingerprint density at radius 2 is 1.96 bits per heavy atom. The van der Waals surface area contributed by atoms with Crippen molar-refractivity contribution in [3.05, 3.63) is 65.7 Å². The van der Waals surface area contributed by atoms with Crippen molar-refractivity contribution in [2.75, 3.05) is 7.11 Å². The summed E-state index contributed by atoms with van der Waals surface area (Å²) in [6, 6.07) is 17.8. The van der Waals surface area contributed by atoms with E-state index in [-0.39, 0.29) is 11.8 Å². The van der Waals surface area contributed by atoms with Crippen molar-refractivity contribution < 1.29 is 9.53 Å². The molecule has 0 aliphatic heterocycles. The van der Waals surface area contributed by atoms with E-state index in [2.05, 4.69) is 22.7 Å². The number of rotatable bonds is 5. The smallest absolute Gasteiger partial charge is 0.243 e. The lowest BCUT2D eigenvalue weighted by Gasteiger charge is -2.05. The molecule has 1 saturated carbocycles. The van der Waals surface area contributed by atoms with Crippen LogP contribution in [-0.2, 0) is 4.79 Å². The van der Waals surface area contributed by atoms with Gasteiger partial charge in [-0.05, 0) is 37.0 Å². The van der Waals surface area contributed by atoms with Crippen molar-refractivity contribution in [1.29, 1.82) is 0 Å². The first-order valence-corrected chi connectivity index (χ1v) is 7.72. The topological polar surface area (TPSA) is 50.7 Å². The molecule has 23 heavy (non-hydrogen) atoms. The molecule has 3 rings (SSSR count). The van der Waals surface area contributed by atoms with E-state index in [9.17, 15) is 4.79 Å². The number of hydrogen-bond acceptors (Lipinski definition) is 3. The van der Waals surface area contributed by atoms with Crippen LogP contribution in [0.4, 0.5) is 0 Å². The molecule has 1 amide bonds. The Bertz CT molecular complexity index is 725. The molecule has 2 aromatic rings. The molecule has 0 radical (unpaired) electrons. The summed E-state index contributed by atoms with van der Waals surface area (Å²) in [4.78, 5) is 12.2. The average Bonchev–Trinajstić information content (AvgIpc) is 3.41. The van der Waals surface area contributed by atoms with Crippen LogP contribution < -0.4 is 10.2 Å². The van der Waals surface area contributed by atoms with Crippen LogP contribution in [0.5, 0.6) is 5.75 Å².